The third kappa shape index (κ3) is 5.09. The Bertz CT molecular complexity index is 1210. The van der Waals surface area contributed by atoms with E-state index in [0.29, 0.717) is 12.5 Å². The van der Waals surface area contributed by atoms with Gasteiger partial charge in [-0.3, -0.25) is 24.4 Å². The minimum Gasteiger partial charge on any atom is -0.481 e. The molecule has 5 rings (SSSR count). The van der Waals surface area contributed by atoms with E-state index < -0.39 is 5.97 Å². The number of likely N-dealkylation sites (tertiary alicyclic amines) is 1. The minimum absolute atomic E-state index is 0. The van der Waals surface area contributed by atoms with E-state index in [2.05, 4.69) is 69.5 Å². The molecular formula is C27H37N7O2. The fraction of sp³-hybridized carbons (Fsp3) is 0.407. The van der Waals surface area contributed by atoms with Gasteiger partial charge in [-0.05, 0) is 86.2 Å². The molecule has 2 aliphatic heterocycles. The molecule has 1 unspecified atom stereocenters. The van der Waals surface area contributed by atoms with Gasteiger partial charge < -0.3 is 11.3 Å². The highest BCUT2D eigenvalue weighted by atomic mass is 16.4. The van der Waals surface area contributed by atoms with Crippen LogP contribution in [0.4, 0.5) is 17.1 Å². The molecule has 0 radical (unpaired) electrons. The molecule has 0 spiro atoms. The fourth-order valence-corrected chi connectivity index (χ4v) is 5.33. The number of nitrogens with zero attached hydrogens (tertiary/aromatic N) is 5. The number of hydrogen-bond donors (Lipinski definition) is 3. The molecule has 0 amide bonds. The summed E-state index contributed by atoms with van der Waals surface area (Å²) in [5, 5.41) is 17.8. The monoisotopic (exact) mass is 491 g/mol. The first-order chi connectivity index (χ1) is 16.9. The molecule has 0 saturated carbocycles. The molecule has 192 valence electrons. The van der Waals surface area contributed by atoms with Crippen molar-refractivity contribution in [3.63, 3.8) is 0 Å². The second kappa shape index (κ2) is 10.7. The van der Waals surface area contributed by atoms with Gasteiger partial charge in [0.05, 0.1) is 23.1 Å². The number of anilines is 3. The van der Waals surface area contributed by atoms with Crippen LogP contribution in [-0.4, -0.2) is 45.9 Å². The molecule has 0 aliphatic carbocycles. The summed E-state index contributed by atoms with van der Waals surface area (Å²) < 4.78 is 2.10. The van der Waals surface area contributed by atoms with Crippen molar-refractivity contribution in [3.05, 3.63) is 71.0 Å². The quantitative estimate of drug-likeness (QED) is 0.442. The number of aromatic nitrogens is 2. The molecule has 1 saturated heterocycles. The Kier molecular flexibility index (Phi) is 7.63. The lowest BCUT2D eigenvalue weighted by Gasteiger charge is -2.33. The summed E-state index contributed by atoms with van der Waals surface area (Å²) in [4.78, 5) is 13.7. The van der Waals surface area contributed by atoms with Gasteiger partial charge in [-0.1, -0.05) is 12.1 Å². The van der Waals surface area contributed by atoms with Crippen LogP contribution in [0.15, 0.2) is 48.8 Å². The highest BCUT2D eigenvalue weighted by Crippen LogP contribution is 2.42. The Morgan fingerprint density at radius 1 is 1.19 bits per heavy atom. The van der Waals surface area contributed by atoms with E-state index in [9.17, 15) is 4.79 Å². The summed E-state index contributed by atoms with van der Waals surface area (Å²) in [6.07, 6.45) is 6.93. The van der Waals surface area contributed by atoms with Gasteiger partial charge in [0.2, 0.25) is 0 Å². The van der Waals surface area contributed by atoms with E-state index in [1.54, 1.807) is 0 Å². The number of carboxylic acids is 1. The molecule has 5 N–H and O–H groups in total. The van der Waals surface area contributed by atoms with Crippen molar-refractivity contribution in [3.8, 4) is 0 Å². The Morgan fingerprint density at radius 2 is 2.03 bits per heavy atom. The number of carbonyl (C=O) groups is 1. The molecule has 9 nitrogen and oxygen atoms in total. The molecule has 3 heterocycles. The number of carboxylic acid groups (broad SMARTS) is 1. The van der Waals surface area contributed by atoms with Gasteiger partial charge >= 0.3 is 5.97 Å². The zero-order valence-corrected chi connectivity index (χ0v) is 21.4. The van der Waals surface area contributed by atoms with E-state index in [4.69, 9.17) is 5.11 Å². The number of aliphatic carboxylic acids is 1. The highest BCUT2D eigenvalue weighted by molar-refractivity contribution is 5.84. The topological polar surface area (TPSA) is 112 Å². The van der Waals surface area contributed by atoms with E-state index in [1.807, 2.05) is 30.4 Å². The third-order valence-corrected chi connectivity index (χ3v) is 7.33. The number of hydrogen-bond acceptors (Lipinski definition) is 7. The van der Waals surface area contributed by atoms with E-state index in [1.165, 1.54) is 24.0 Å². The first-order valence-corrected chi connectivity index (χ1v) is 12.4. The lowest BCUT2D eigenvalue weighted by atomic mass is 10.00. The second-order valence-corrected chi connectivity index (χ2v) is 9.73. The van der Waals surface area contributed by atoms with Gasteiger partial charge in [0.15, 0.2) is 0 Å². The molecule has 36 heavy (non-hydrogen) atoms. The number of aryl methyl sites for hydroxylation is 2. The van der Waals surface area contributed by atoms with Crippen molar-refractivity contribution >= 4 is 23.0 Å². The Labute approximate surface area is 212 Å². The molecule has 9 heteroatoms. The zero-order chi connectivity index (χ0) is 24.5. The molecular weight excluding hydrogens is 454 g/mol. The first kappa shape index (κ1) is 25.7. The SMILES string of the molecule is Cc1ccc(N2NN(C)c3ccc(CCC(=O)O)c(C)c32)cc1CN1CCCC(n2cccn2)C1.N. The maximum Gasteiger partial charge on any atom is 0.303 e. The van der Waals surface area contributed by atoms with Crippen LogP contribution >= 0.6 is 0 Å². The molecule has 0 bridgehead atoms. The lowest BCUT2D eigenvalue weighted by molar-refractivity contribution is -0.136. The smallest absolute Gasteiger partial charge is 0.303 e. The first-order valence-electron chi connectivity index (χ1n) is 12.4. The molecule has 1 fully saturated rings. The number of rotatable bonds is 7. The van der Waals surface area contributed by atoms with Crippen LogP contribution in [0.2, 0.25) is 0 Å². The number of benzene rings is 2. The fourth-order valence-electron chi connectivity index (χ4n) is 5.33. The Balaban J connectivity index is 0.00000304. The molecule has 1 atom stereocenters. The minimum atomic E-state index is -0.771. The summed E-state index contributed by atoms with van der Waals surface area (Å²) in [5.74, 6) is -0.771. The summed E-state index contributed by atoms with van der Waals surface area (Å²) in [5.41, 5.74) is 11.5. The van der Waals surface area contributed by atoms with Crippen molar-refractivity contribution in [1.82, 2.24) is 26.4 Å². The Hall–Kier alpha value is -3.40. The summed E-state index contributed by atoms with van der Waals surface area (Å²) in [6.45, 7) is 7.28. The maximum absolute atomic E-state index is 11.1. The number of nitrogens with one attached hydrogen (secondary N) is 1. The maximum atomic E-state index is 11.1. The second-order valence-electron chi connectivity index (χ2n) is 9.73. The van der Waals surface area contributed by atoms with Crippen LogP contribution in [0.25, 0.3) is 0 Å². The van der Waals surface area contributed by atoms with Gasteiger partial charge in [0, 0.05) is 39.0 Å². The largest absolute Gasteiger partial charge is 0.481 e. The van der Waals surface area contributed by atoms with Gasteiger partial charge in [-0.2, -0.15) is 5.10 Å². The zero-order valence-electron chi connectivity index (χ0n) is 21.4. The van der Waals surface area contributed by atoms with Gasteiger partial charge in [-0.25, -0.2) is 0 Å². The summed E-state index contributed by atoms with van der Waals surface area (Å²) in [6, 6.07) is 13.2. The third-order valence-electron chi connectivity index (χ3n) is 7.33. The van der Waals surface area contributed by atoms with Gasteiger partial charge in [-0.15, -0.1) is 5.53 Å². The number of hydrazine groups is 2. The van der Waals surface area contributed by atoms with E-state index >= 15 is 0 Å². The van der Waals surface area contributed by atoms with Crippen LogP contribution in [0.1, 0.15) is 47.6 Å². The van der Waals surface area contributed by atoms with Crippen LogP contribution in [0.5, 0.6) is 0 Å². The molecule has 2 aliphatic rings. The highest BCUT2D eigenvalue weighted by Gasteiger charge is 2.28. The number of piperidine rings is 1. The van der Waals surface area contributed by atoms with Crippen LogP contribution in [0.3, 0.4) is 0 Å². The average molecular weight is 492 g/mol. The predicted molar refractivity (Wildman–Crippen MR) is 143 cm³/mol. The standard InChI is InChI=1S/C27H34N6O2.H3N/c1-19-7-10-23(16-22(19)17-31-14-4-6-24(18-31)32-15-5-13-28-32)33-27-20(2)21(9-12-26(34)35)8-11-25(27)30(3)29-33;/h5,7-8,10-11,13,15-16,24,29H,4,6,9,12,14,17-18H2,1-3H3,(H,34,35);1H3. The average Bonchev–Trinajstić information content (AvgIpc) is 3.49. The van der Waals surface area contributed by atoms with Crippen LogP contribution in [-0.2, 0) is 17.8 Å². The summed E-state index contributed by atoms with van der Waals surface area (Å²) >= 11 is 0. The summed E-state index contributed by atoms with van der Waals surface area (Å²) in [7, 11) is 2.01. The van der Waals surface area contributed by atoms with Crippen molar-refractivity contribution < 1.29 is 9.90 Å². The predicted octanol–water partition coefficient (Wildman–Crippen LogP) is 4.52. The van der Waals surface area contributed by atoms with Gasteiger partial charge in [0.25, 0.3) is 0 Å². The molecule has 2 aromatic carbocycles. The number of fused-ring (bicyclic) bond motifs is 1. The normalized spacial score (nSPS) is 17.7. The van der Waals surface area contributed by atoms with Crippen molar-refractivity contribution in [2.24, 2.45) is 0 Å². The van der Waals surface area contributed by atoms with Crippen LogP contribution < -0.4 is 21.7 Å². The molecule has 1 aromatic heterocycles. The van der Waals surface area contributed by atoms with Crippen molar-refractivity contribution in [2.75, 3.05) is 30.2 Å². The van der Waals surface area contributed by atoms with E-state index in [0.717, 1.165) is 47.8 Å². The van der Waals surface area contributed by atoms with Crippen molar-refractivity contribution in [1.29, 1.82) is 0 Å². The van der Waals surface area contributed by atoms with Gasteiger partial charge in [0.1, 0.15) is 0 Å². The lowest BCUT2D eigenvalue weighted by Crippen LogP contribution is -2.39. The van der Waals surface area contributed by atoms with Crippen molar-refractivity contribution in [2.45, 2.75) is 52.1 Å². The van der Waals surface area contributed by atoms with E-state index in [-0.39, 0.29) is 12.6 Å². The Morgan fingerprint density at radius 3 is 2.78 bits per heavy atom. The van der Waals surface area contributed by atoms with Crippen LogP contribution in [0, 0.1) is 13.8 Å². The molecule has 3 aromatic rings.